The van der Waals surface area contributed by atoms with Gasteiger partial charge in [0.2, 0.25) is 12.2 Å². The lowest BCUT2D eigenvalue weighted by Gasteiger charge is -2.46. The van der Waals surface area contributed by atoms with Crippen molar-refractivity contribution in [2.24, 2.45) is 4.99 Å². The lowest BCUT2D eigenvalue weighted by Crippen LogP contribution is -2.67. The maximum atomic E-state index is 11.6. The molecule has 3 heterocycles. The molecule has 0 bridgehead atoms. The third kappa shape index (κ3) is 5.35. The first-order valence-electron chi connectivity index (χ1n) is 10.0. The Labute approximate surface area is 182 Å². The summed E-state index contributed by atoms with van der Waals surface area (Å²) in [6.45, 7) is 1.15. The molecule has 0 aromatic heterocycles. The molecule has 14 heteroatoms. The number of carbonyl (C=O) groups is 2. The van der Waals surface area contributed by atoms with Crippen LogP contribution in [0.3, 0.4) is 0 Å². The molecule has 0 aliphatic carbocycles. The van der Waals surface area contributed by atoms with E-state index in [1.54, 1.807) is 6.92 Å². The Morgan fingerprint density at radius 1 is 1.12 bits per heavy atom. The zero-order chi connectivity index (χ0) is 23.6. The van der Waals surface area contributed by atoms with Crippen LogP contribution in [-0.2, 0) is 33.3 Å². The molecule has 0 unspecified atom stereocenters. The van der Waals surface area contributed by atoms with Crippen molar-refractivity contribution in [3.63, 3.8) is 0 Å². The van der Waals surface area contributed by atoms with Gasteiger partial charge in [-0.3, -0.25) is 4.79 Å². The smallest absolute Gasteiger partial charge is 0.329 e. The number of carboxylic acid groups (broad SMARTS) is 1. The monoisotopic (exact) mass is 464 g/mol. The summed E-state index contributed by atoms with van der Waals surface area (Å²) < 4.78 is 27.4. The molecule has 10 atom stereocenters. The quantitative estimate of drug-likeness (QED) is 0.205. The Hall–Kier alpha value is -1.91. The van der Waals surface area contributed by atoms with Gasteiger partial charge in [0.05, 0.1) is 13.2 Å². The lowest BCUT2D eigenvalue weighted by molar-refractivity contribution is -0.323. The lowest BCUT2D eigenvalue weighted by atomic mass is 9.95. The second kappa shape index (κ2) is 10.4. The number of aliphatic hydroxyl groups is 4. The van der Waals surface area contributed by atoms with E-state index in [0.29, 0.717) is 0 Å². The molecule has 0 radical (unpaired) electrons. The molecule has 3 rings (SSSR count). The zero-order valence-corrected chi connectivity index (χ0v) is 17.4. The van der Waals surface area contributed by atoms with E-state index in [1.807, 2.05) is 0 Å². The van der Waals surface area contributed by atoms with E-state index in [-0.39, 0.29) is 5.90 Å². The molecular weight excluding hydrogens is 436 g/mol. The minimum absolute atomic E-state index is 0.288. The number of hydrogen-bond donors (Lipinski definition) is 6. The van der Waals surface area contributed by atoms with Crippen molar-refractivity contribution < 1.29 is 58.8 Å². The first-order valence-corrected chi connectivity index (χ1v) is 10.0. The van der Waals surface area contributed by atoms with Crippen molar-refractivity contribution in [2.75, 3.05) is 19.8 Å². The summed E-state index contributed by atoms with van der Waals surface area (Å²) in [5.41, 5.74) is 0. The van der Waals surface area contributed by atoms with Crippen LogP contribution < -0.4 is 5.32 Å². The number of ether oxygens (including phenoxy) is 5. The number of amides is 1. The number of aliphatic imine (C=N–C) groups is 1. The number of fused-ring (bicyclic) bond motifs is 1. The highest BCUT2D eigenvalue weighted by molar-refractivity contribution is 5.75. The molecule has 2 saturated heterocycles. The van der Waals surface area contributed by atoms with Gasteiger partial charge in [-0.25, -0.2) is 9.79 Å². The predicted molar refractivity (Wildman–Crippen MR) is 101 cm³/mol. The number of aliphatic hydroxyl groups excluding tert-OH is 4. The van der Waals surface area contributed by atoms with E-state index < -0.39 is 93.0 Å². The topological polar surface area (TPSA) is 206 Å². The van der Waals surface area contributed by atoms with Crippen LogP contribution in [0.4, 0.5) is 0 Å². The summed E-state index contributed by atoms with van der Waals surface area (Å²) in [7, 11) is 0. The van der Waals surface area contributed by atoms with Gasteiger partial charge >= 0.3 is 5.97 Å². The zero-order valence-electron chi connectivity index (χ0n) is 17.4. The van der Waals surface area contributed by atoms with Gasteiger partial charge in [-0.15, -0.1) is 0 Å². The first kappa shape index (κ1) is 24.7. The van der Waals surface area contributed by atoms with Gasteiger partial charge in [-0.1, -0.05) is 0 Å². The average Bonchev–Trinajstić information content (AvgIpc) is 3.10. The Balaban J connectivity index is 1.78. The number of aliphatic carboxylic acids is 1. The van der Waals surface area contributed by atoms with Gasteiger partial charge in [0, 0.05) is 13.8 Å². The highest BCUT2D eigenvalue weighted by Crippen LogP contribution is 2.33. The van der Waals surface area contributed by atoms with Crippen LogP contribution in [0.2, 0.25) is 0 Å². The summed E-state index contributed by atoms with van der Waals surface area (Å²) in [5.74, 6) is -1.50. The van der Waals surface area contributed by atoms with Gasteiger partial charge in [-0.05, 0) is 0 Å². The van der Waals surface area contributed by atoms with Crippen LogP contribution in [0.5, 0.6) is 0 Å². The van der Waals surface area contributed by atoms with Crippen molar-refractivity contribution in [3.8, 4) is 0 Å². The number of nitrogens with one attached hydrogen (secondary N) is 1. The molecular formula is C18H28N2O12. The fraction of sp³-hybridized carbons (Fsp3) is 0.833. The molecule has 182 valence electrons. The SMILES string of the molecule is CC(=O)N[C@H]1[C@H](O[C@H]2[C@H](O)[C@H]3N=C(C)O[C@H]3O[C@@H]2CO)O[C@H](COCC(=O)O)[C@@H](O)[C@@H]1O. The van der Waals surface area contributed by atoms with Crippen LogP contribution in [-0.4, -0.2) is 124 Å². The Morgan fingerprint density at radius 2 is 1.84 bits per heavy atom. The Kier molecular flexibility index (Phi) is 8.00. The third-order valence-corrected chi connectivity index (χ3v) is 5.31. The standard InChI is InChI=1S/C18H28N2O12/c1-6(22)19-11-14(26)13(25)9(4-28-5-10(23)24)31-18(11)32-16-8(3-21)30-17-12(15(16)27)20-7(2)29-17/h8-9,11-18,21,25-27H,3-5H2,1-2H3,(H,19,22)(H,23,24)/t8-,9-,11-,12-,13-,14-,15-,16-,17+,18+/m1/s1. The summed E-state index contributed by atoms with van der Waals surface area (Å²) >= 11 is 0. The van der Waals surface area contributed by atoms with E-state index in [1.165, 1.54) is 6.92 Å². The summed E-state index contributed by atoms with van der Waals surface area (Å²) in [4.78, 5) is 26.5. The van der Waals surface area contributed by atoms with Gasteiger partial charge in [0.15, 0.2) is 12.2 Å². The molecule has 32 heavy (non-hydrogen) atoms. The second-order valence-electron chi connectivity index (χ2n) is 7.73. The fourth-order valence-electron chi connectivity index (χ4n) is 3.85. The van der Waals surface area contributed by atoms with E-state index in [4.69, 9.17) is 28.8 Å². The van der Waals surface area contributed by atoms with Crippen molar-refractivity contribution >= 4 is 17.8 Å². The number of nitrogens with zero attached hydrogens (tertiary/aromatic N) is 1. The molecule has 1 amide bonds. The van der Waals surface area contributed by atoms with Gasteiger partial charge < -0.3 is 54.5 Å². The van der Waals surface area contributed by atoms with Gasteiger partial charge in [-0.2, -0.15) is 0 Å². The van der Waals surface area contributed by atoms with Crippen LogP contribution in [0.15, 0.2) is 4.99 Å². The van der Waals surface area contributed by atoms with Crippen molar-refractivity contribution in [1.82, 2.24) is 5.32 Å². The summed E-state index contributed by atoms with van der Waals surface area (Å²) in [5, 5.41) is 52.6. The molecule has 0 aromatic carbocycles. The van der Waals surface area contributed by atoms with Gasteiger partial charge in [0.25, 0.3) is 0 Å². The Bertz CT molecular complexity index is 720. The first-order chi connectivity index (χ1) is 15.1. The average molecular weight is 464 g/mol. The minimum atomic E-state index is -1.58. The van der Waals surface area contributed by atoms with Crippen LogP contribution >= 0.6 is 0 Å². The number of carbonyl (C=O) groups excluding carboxylic acids is 1. The molecule has 6 N–H and O–H groups in total. The minimum Gasteiger partial charge on any atom is -0.480 e. The number of hydrogen-bond acceptors (Lipinski definition) is 12. The van der Waals surface area contributed by atoms with E-state index in [9.17, 15) is 30.0 Å². The largest absolute Gasteiger partial charge is 0.480 e. The van der Waals surface area contributed by atoms with Crippen LogP contribution in [0.25, 0.3) is 0 Å². The predicted octanol–water partition coefficient (Wildman–Crippen LogP) is -3.68. The highest BCUT2D eigenvalue weighted by atomic mass is 16.7. The maximum absolute atomic E-state index is 11.6. The van der Waals surface area contributed by atoms with Crippen molar-refractivity contribution in [2.45, 2.75) is 75.1 Å². The maximum Gasteiger partial charge on any atom is 0.329 e. The molecule has 2 fully saturated rings. The van der Waals surface area contributed by atoms with Crippen molar-refractivity contribution in [3.05, 3.63) is 0 Å². The summed E-state index contributed by atoms with van der Waals surface area (Å²) in [6.07, 6.45) is -10.2. The van der Waals surface area contributed by atoms with Crippen LogP contribution in [0.1, 0.15) is 13.8 Å². The molecule has 0 spiro atoms. The Morgan fingerprint density at radius 3 is 2.47 bits per heavy atom. The molecule has 0 aromatic rings. The normalized spacial score (nSPS) is 41.4. The van der Waals surface area contributed by atoms with Crippen molar-refractivity contribution in [1.29, 1.82) is 0 Å². The molecule has 3 aliphatic heterocycles. The molecule has 3 aliphatic rings. The number of rotatable bonds is 8. The van der Waals surface area contributed by atoms with E-state index >= 15 is 0 Å². The molecule has 14 nitrogen and oxygen atoms in total. The summed E-state index contributed by atoms with van der Waals surface area (Å²) in [6, 6.07) is -2.09. The highest BCUT2D eigenvalue weighted by Gasteiger charge is 2.53. The number of carboxylic acids is 1. The molecule has 0 saturated carbocycles. The van der Waals surface area contributed by atoms with Crippen LogP contribution in [0, 0.1) is 0 Å². The van der Waals surface area contributed by atoms with E-state index in [0.717, 1.165) is 0 Å². The fourth-order valence-corrected chi connectivity index (χ4v) is 3.85. The van der Waals surface area contributed by atoms with E-state index in [2.05, 4.69) is 10.3 Å². The second-order valence-corrected chi connectivity index (χ2v) is 7.73. The third-order valence-electron chi connectivity index (χ3n) is 5.31. The van der Waals surface area contributed by atoms with Gasteiger partial charge in [0.1, 0.15) is 55.3 Å².